The second-order valence-electron chi connectivity index (χ2n) is 5.03. The first kappa shape index (κ1) is 18.1. The van der Waals surface area contributed by atoms with Crippen LogP contribution >= 0.6 is 11.3 Å². The predicted octanol–water partition coefficient (Wildman–Crippen LogP) is 2.71. The molecule has 0 atom stereocenters. The molecule has 0 spiro atoms. The first-order chi connectivity index (χ1) is 12.4. The van der Waals surface area contributed by atoms with E-state index in [-0.39, 0.29) is 9.77 Å². The summed E-state index contributed by atoms with van der Waals surface area (Å²) in [5, 5.41) is 0.366. The molecule has 2 aromatic carbocycles. The zero-order valence-electron chi connectivity index (χ0n) is 12.9. The fourth-order valence-corrected chi connectivity index (χ4v) is 3.96. The van der Waals surface area contributed by atoms with E-state index in [1.807, 2.05) is 10.3 Å². The van der Waals surface area contributed by atoms with Crippen LogP contribution in [0.15, 0.2) is 58.9 Å². The molecule has 26 heavy (non-hydrogen) atoms. The third-order valence-electron chi connectivity index (χ3n) is 3.26. The molecule has 3 aromatic rings. The highest BCUT2D eigenvalue weighted by molar-refractivity contribution is 7.91. The van der Waals surface area contributed by atoms with E-state index in [1.165, 1.54) is 42.5 Å². The first-order valence-electron chi connectivity index (χ1n) is 7.15. The smallest absolute Gasteiger partial charge is 0.269 e. The number of carbonyl (C=O) groups excluding carboxylic acids is 1. The van der Waals surface area contributed by atoms with Crippen molar-refractivity contribution in [3.63, 3.8) is 0 Å². The van der Waals surface area contributed by atoms with E-state index in [2.05, 4.69) is 4.98 Å². The van der Waals surface area contributed by atoms with Crippen molar-refractivity contribution in [3.05, 3.63) is 71.9 Å². The highest BCUT2D eigenvalue weighted by Crippen LogP contribution is 2.27. The molecule has 0 aliphatic rings. The highest BCUT2D eigenvalue weighted by atomic mass is 32.2. The molecule has 1 amide bonds. The molecule has 0 radical (unpaired) electrons. The van der Waals surface area contributed by atoms with Crippen LogP contribution in [0.5, 0.6) is 0 Å². The van der Waals surface area contributed by atoms with E-state index in [0.717, 1.165) is 23.6 Å². The van der Waals surface area contributed by atoms with Gasteiger partial charge in [-0.15, -0.1) is 16.2 Å². The summed E-state index contributed by atoms with van der Waals surface area (Å²) in [6, 6.07) is 10.6. The van der Waals surface area contributed by atoms with E-state index in [4.69, 9.17) is 0 Å². The normalized spacial score (nSPS) is 11.3. The van der Waals surface area contributed by atoms with Gasteiger partial charge in [0, 0.05) is 5.56 Å². The van der Waals surface area contributed by atoms with Gasteiger partial charge in [0.25, 0.3) is 15.9 Å². The molecule has 3 rings (SSSR count). The maximum atomic E-state index is 13.5. The topological polar surface area (TPSA) is 88.2 Å². The van der Waals surface area contributed by atoms with E-state index >= 15 is 0 Å². The second kappa shape index (κ2) is 7.28. The van der Waals surface area contributed by atoms with Gasteiger partial charge in [-0.25, -0.2) is 22.2 Å². The lowest BCUT2D eigenvalue weighted by Gasteiger charge is -2.07. The van der Waals surface area contributed by atoms with Crippen molar-refractivity contribution in [2.75, 3.05) is 0 Å². The van der Waals surface area contributed by atoms with E-state index < -0.39 is 27.6 Å². The number of hydrazine groups is 1. The standard InChI is InChI=1S/C16H11F2N3O3S2/c17-11-7-5-10(6-8-11)16-19-9-14(25-16)26(23,24)21-20-15(22)12-3-1-2-4-13(12)18/h1-9,21H,(H,20,22). The second-order valence-corrected chi connectivity index (χ2v) is 7.97. The monoisotopic (exact) mass is 395 g/mol. The van der Waals surface area contributed by atoms with Gasteiger partial charge in [-0.2, -0.15) is 0 Å². The van der Waals surface area contributed by atoms with Gasteiger partial charge in [-0.1, -0.05) is 12.1 Å². The minimum Gasteiger partial charge on any atom is -0.273 e. The molecular weight excluding hydrogens is 384 g/mol. The Morgan fingerprint density at radius 2 is 1.73 bits per heavy atom. The summed E-state index contributed by atoms with van der Waals surface area (Å²) in [6.07, 6.45) is 1.11. The Kier molecular flexibility index (Phi) is 5.07. The number of amides is 1. The Morgan fingerprint density at radius 1 is 1.04 bits per heavy atom. The van der Waals surface area contributed by atoms with E-state index in [1.54, 1.807) is 0 Å². The Labute approximate surface area is 151 Å². The van der Waals surface area contributed by atoms with Crippen molar-refractivity contribution in [2.24, 2.45) is 0 Å². The Morgan fingerprint density at radius 3 is 2.42 bits per heavy atom. The fraction of sp³-hybridized carbons (Fsp3) is 0. The summed E-state index contributed by atoms with van der Waals surface area (Å²) in [7, 11) is -4.09. The summed E-state index contributed by atoms with van der Waals surface area (Å²) in [4.78, 5) is 17.8. The number of aromatic nitrogens is 1. The summed E-state index contributed by atoms with van der Waals surface area (Å²) >= 11 is 0.840. The van der Waals surface area contributed by atoms with Crippen LogP contribution in [0, 0.1) is 11.6 Å². The van der Waals surface area contributed by atoms with Gasteiger partial charge in [0.2, 0.25) is 0 Å². The average molecular weight is 395 g/mol. The summed E-state index contributed by atoms with van der Waals surface area (Å²) < 4.78 is 50.8. The largest absolute Gasteiger partial charge is 0.273 e. The lowest BCUT2D eigenvalue weighted by atomic mass is 10.2. The molecule has 0 unspecified atom stereocenters. The van der Waals surface area contributed by atoms with Crippen LogP contribution in [0.2, 0.25) is 0 Å². The van der Waals surface area contributed by atoms with Crippen molar-refractivity contribution >= 4 is 27.3 Å². The van der Waals surface area contributed by atoms with Crippen LogP contribution in [-0.2, 0) is 10.0 Å². The number of rotatable bonds is 5. The van der Waals surface area contributed by atoms with Crippen LogP contribution in [0.25, 0.3) is 10.6 Å². The van der Waals surface area contributed by atoms with Gasteiger partial charge in [0.15, 0.2) is 4.21 Å². The summed E-state index contributed by atoms with van der Waals surface area (Å²) in [6.45, 7) is 0. The van der Waals surface area contributed by atoms with E-state index in [0.29, 0.717) is 10.6 Å². The lowest BCUT2D eigenvalue weighted by molar-refractivity contribution is 0.0941. The predicted molar refractivity (Wildman–Crippen MR) is 91.7 cm³/mol. The van der Waals surface area contributed by atoms with Gasteiger partial charge < -0.3 is 0 Å². The molecule has 1 aromatic heterocycles. The Balaban J connectivity index is 1.74. The number of carbonyl (C=O) groups is 1. The first-order valence-corrected chi connectivity index (χ1v) is 9.45. The molecule has 2 N–H and O–H groups in total. The quantitative estimate of drug-likeness (QED) is 0.650. The molecule has 0 aliphatic heterocycles. The number of hydrogen-bond donors (Lipinski definition) is 2. The minimum absolute atomic E-state index is 0.161. The van der Waals surface area contributed by atoms with Crippen molar-refractivity contribution < 1.29 is 22.0 Å². The number of nitrogens with zero attached hydrogens (tertiary/aromatic N) is 1. The third-order valence-corrected chi connectivity index (χ3v) is 6.01. The molecule has 6 nitrogen and oxygen atoms in total. The zero-order valence-corrected chi connectivity index (χ0v) is 14.6. The molecular formula is C16H11F2N3O3S2. The maximum Gasteiger partial charge on any atom is 0.269 e. The SMILES string of the molecule is O=C(NNS(=O)(=O)c1cnc(-c2ccc(F)cc2)s1)c1ccccc1F. The van der Waals surface area contributed by atoms with Crippen molar-refractivity contribution in [3.8, 4) is 10.6 Å². The van der Waals surface area contributed by atoms with Crippen molar-refractivity contribution in [1.29, 1.82) is 0 Å². The van der Waals surface area contributed by atoms with Crippen LogP contribution in [0.3, 0.4) is 0 Å². The molecule has 0 saturated heterocycles. The number of thiazole rings is 1. The molecule has 134 valence electrons. The number of sulfonamides is 1. The van der Waals surface area contributed by atoms with Gasteiger partial charge in [0.05, 0.1) is 11.8 Å². The average Bonchev–Trinajstić information content (AvgIpc) is 3.12. The summed E-state index contributed by atoms with van der Waals surface area (Å²) in [5.41, 5.74) is 2.20. The van der Waals surface area contributed by atoms with Crippen molar-refractivity contribution in [2.45, 2.75) is 4.21 Å². The van der Waals surface area contributed by atoms with Crippen LogP contribution in [0.4, 0.5) is 8.78 Å². The lowest BCUT2D eigenvalue weighted by Crippen LogP contribution is -2.41. The van der Waals surface area contributed by atoms with Crippen molar-refractivity contribution in [1.82, 2.24) is 15.2 Å². The zero-order chi connectivity index (χ0) is 18.7. The molecule has 0 fully saturated rings. The molecule has 0 bridgehead atoms. The van der Waals surface area contributed by atoms with E-state index in [9.17, 15) is 22.0 Å². The number of benzene rings is 2. The molecule has 10 heteroatoms. The van der Waals surface area contributed by atoms with Gasteiger partial charge >= 0.3 is 0 Å². The maximum absolute atomic E-state index is 13.5. The number of nitrogens with one attached hydrogen (secondary N) is 2. The van der Waals surface area contributed by atoms with Crippen LogP contribution in [0.1, 0.15) is 10.4 Å². The van der Waals surface area contributed by atoms with Gasteiger partial charge in [-0.05, 0) is 36.4 Å². The third kappa shape index (κ3) is 3.93. The summed E-state index contributed by atoms with van der Waals surface area (Å²) in [5.74, 6) is -2.13. The van der Waals surface area contributed by atoms with Crippen LogP contribution < -0.4 is 10.3 Å². The van der Waals surface area contributed by atoms with Gasteiger partial charge in [0.1, 0.15) is 16.6 Å². The molecule has 1 heterocycles. The number of hydrogen-bond acceptors (Lipinski definition) is 5. The van der Waals surface area contributed by atoms with Gasteiger partial charge in [-0.3, -0.25) is 10.2 Å². The Bertz CT molecular complexity index is 1050. The highest BCUT2D eigenvalue weighted by Gasteiger charge is 2.20. The fourth-order valence-electron chi connectivity index (χ4n) is 1.99. The van der Waals surface area contributed by atoms with Crippen LogP contribution in [-0.4, -0.2) is 19.3 Å². The Hall–Kier alpha value is -2.69. The molecule has 0 aliphatic carbocycles. The molecule has 0 saturated carbocycles. The minimum atomic E-state index is -4.09. The number of halogens is 2.